The second-order valence-electron chi connectivity index (χ2n) is 6.55. The number of hydrogen-bond donors (Lipinski definition) is 0. The molecule has 2 aliphatic carbocycles. The second kappa shape index (κ2) is 8.85. The molecule has 2 aliphatic rings. The van der Waals surface area contributed by atoms with Crippen LogP contribution in [-0.2, 0) is 20.8 Å². The van der Waals surface area contributed by atoms with Crippen molar-refractivity contribution in [3.63, 3.8) is 0 Å². The minimum absolute atomic E-state index is 0.470. The number of aryl methyl sites for hydroxylation is 2. The Morgan fingerprint density at radius 2 is 1.44 bits per heavy atom. The molecule has 0 nitrogen and oxygen atoms in total. The van der Waals surface area contributed by atoms with E-state index in [9.17, 15) is 0 Å². The molecule has 2 unspecified atom stereocenters. The first-order valence-corrected chi connectivity index (χ1v) is 14.8. The molecule has 0 heterocycles. The SMILES string of the molecule is Cc1cccc2c1C=CC2[CH-]CC1C=Cc2c(C)cccc21.[Cl][Zr][Cl]. The standard InChI is InChI=1S/C22H21.2ClH.Zr/c1-15-5-3-7-21-17(11-13-19(15)21)9-10-18-12-14-20-16(2)6-4-8-22(18)20;;;/h3-9,11-14,17-18H,10H2,1-2H3;2*1H;/q-1;;;+2/p-2. The molecule has 0 N–H and O–H groups in total. The molecule has 25 heavy (non-hydrogen) atoms. The summed E-state index contributed by atoms with van der Waals surface area (Å²) < 4.78 is 0. The van der Waals surface area contributed by atoms with Gasteiger partial charge in [0.2, 0.25) is 0 Å². The monoisotopic (exact) mass is 445 g/mol. The first-order chi connectivity index (χ1) is 12.2. The van der Waals surface area contributed by atoms with E-state index in [1.165, 1.54) is 33.4 Å². The Kier molecular flexibility index (Phi) is 6.78. The van der Waals surface area contributed by atoms with Crippen molar-refractivity contribution in [2.24, 2.45) is 0 Å². The van der Waals surface area contributed by atoms with Crippen molar-refractivity contribution < 1.29 is 20.8 Å². The molecule has 0 aromatic heterocycles. The van der Waals surface area contributed by atoms with Crippen LogP contribution in [0.2, 0.25) is 0 Å². The average molecular weight is 448 g/mol. The molecule has 0 bridgehead atoms. The van der Waals surface area contributed by atoms with Crippen LogP contribution < -0.4 is 0 Å². The number of hydrogen-bond acceptors (Lipinski definition) is 0. The molecule has 2 aromatic carbocycles. The molecule has 128 valence electrons. The molecule has 2 atom stereocenters. The van der Waals surface area contributed by atoms with Crippen LogP contribution in [-0.4, -0.2) is 0 Å². The van der Waals surface area contributed by atoms with E-state index in [1.54, 1.807) is 0 Å². The number of allylic oxidation sites excluding steroid dienone is 2. The fraction of sp³-hybridized carbons (Fsp3) is 0.227. The Morgan fingerprint density at radius 3 is 2.12 bits per heavy atom. The third kappa shape index (κ3) is 4.21. The molecule has 0 saturated heterocycles. The van der Waals surface area contributed by atoms with Crippen LogP contribution in [0.4, 0.5) is 0 Å². The van der Waals surface area contributed by atoms with Crippen LogP contribution in [0.1, 0.15) is 51.6 Å². The molecular formula is C22H21Cl2Zr-. The van der Waals surface area contributed by atoms with E-state index in [1.807, 2.05) is 0 Å². The van der Waals surface area contributed by atoms with Gasteiger partial charge in [-0.2, -0.15) is 6.42 Å². The van der Waals surface area contributed by atoms with Gasteiger partial charge in [0.25, 0.3) is 0 Å². The number of fused-ring (bicyclic) bond motifs is 2. The van der Waals surface area contributed by atoms with Crippen LogP contribution in [0.15, 0.2) is 48.6 Å². The predicted octanol–water partition coefficient (Wildman–Crippen LogP) is 7.20. The summed E-state index contributed by atoms with van der Waals surface area (Å²) in [5.41, 5.74) is 8.57. The minimum atomic E-state index is -0.826. The molecular weight excluding hydrogens is 426 g/mol. The zero-order valence-electron chi connectivity index (χ0n) is 14.5. The second-order valence-corrected chi connectivity index (χ2v) is 10.3. The normalized spacial score (nSPS) is 19.2. The van der Waals surface area contributed by atoms with Crippen LogP contribution >= 0.6 is 17.0 Å². The fourth-order valence-electron chi connectivity index (χ4n) is 3.80. The predicted molar refractivity (Wildman–Crippen MR) is 107 cm³/mol. The molecule has 0 radical (unpaired) electrons. The van der Waals surface area contributed by atoms with Crippen molar-refractivity contribution in [1.82, 2.24) is 0 Å². The topological polar surface area (TPSA) is 0 Å². The van der Waals surface area contributed by atoms with Gasteiger partial charge in [0, 0.05) is 0 Å². The Balaban J connectivity index is 0.000000569. The fourth-order valence-corrected chi connectivity index (χ4v) is 3.80. The van der Waals surface area contributed by atoms with Gasteiger partial charge in [-0.3, -0.25) is 0 Å². The molecule has 0 spiro atoms. The van der Waals surface area contributed by atoms with E-state index in [2.05, 4.69) is 81.0 Å². The Bertz CT molecular complexity index is 740. The summed E-state index contributed by atoms with van der Waals surface area (Å²) in [6.45, 7) is 4.40. The number of rotatable bonds is 3. The van der Waals surface area contributed by atoms with Gasteiger partial charge in [-0.1, -0.05) is 60.2 Å². The van der Waals surface area contributed by atoms with E-state index < -0.39 is 20.8 Å². The summed E-state index contributed by atoms with van der Waals surface area (Å²) in [4.78, 5) is 0. The molecule has 0 fully saturated rings. The molecule has 4 rings (SSSR count). The van der Waals surface area contributed by atoms with Gasteiger partial charge >= 0.3 is 37.9 Å². The zero-order chi connectivity index (χ0) is 17.8. The van der Waals surface area contributed by atoms with Gasteiger partial charge in [-0.25, -0.2) is 0 Å². The molecule has 0 saturated carbocycles. The molecule has 0 aliphatic heterocycles. The summed E-state index contributed by atoms with van der Waals surface area (Å²) in [7, 11) is 9.87. The van der Waals surface area contributed by atoms with Crippen molar-refractivity contribution >= 4 is 29.2 Å². The van der Waals surface area contributed by atoms with Crippen molar-refractivity contribution in [2.45, 2.75) is 32.1 Å². The van der Waals surface area contributed by atoms with Crippen LogP contribution in [0.3, 0.4) is 0 Å². The third-order valence-corrected chi connectivity index (χ3v) is 5.08. The average Bonchev–Trinajstić information content (AvgIpc) is 3.19. The Labute approximate surface area is 169 Å². The van der Waals surface area contributed by atoms with Gasteiger partial charge in [-0.15, -0.1) is 12.0 Å². The van der Waals surface area contributed by atoms with Crippen molar-refractivity contribution in [3.8, 4) is 0 Å². The number of halogens is 2. The summed E-state index contributed by atoms with van der Waals surface area (Å²) in [6.07, 6.45) is 12.9. The van der Waals surface area contributed by atoms with E-state index in [4.69, 9.17) is 17.0 Å². The van der Waals surface area contributed by atoms with Crippen molar-refractivity contribution in [3.05, 3.63) is 88.4 Å². The Morgan fingerprint density at radius 1 is 0.880 bits per heavy atom. The molecule has 0 amide bonds. The van der Waals surface area contributed by atoms with Gasteiger partial charge in [0.15, 0.2) is 0 Å². The number of benzene rings is 2. The van der Waals surface area contributed by atoms with Gasteiger partial charge in [0.1, 0.15) is 0 Å². The molecule has 3 heteroatoms. The first-order valence-electron chi connectivity index (χ1n) is 8.50. The van der Waals surface area contributed by atoms with Crippen LogP contribution in [0, 0.1) is 20.3 Å². The van der Waals surface area contributed by atoms with E-state index >= 15 is 0 Å². The maximum atomic E-state index is 4.93. The van der Waals surface area contributed by atoms with E-state index in [0.29, 0.717) is 11.8 Å². The van der Waals surface area contributed by atoms with Gasteiger partial charge < -0.3 is 6.42 Å². The molecule has 2 aromatic rings. The summed E-state index contributed by atoms with van der Waals surface area (Å²) in [5.74, 6) is 1.01. The maximum absolute atomic E-state index is 4.93. The third-order valence-electron chi connectivity index (χ3n) is 5.08. The summed E-state index contributed by atoms with van der Waals surface area (Å²) in [6, 6.07) is 13.3. The van der Waals surface area contributed by atoms with Crippen LogP contribution in [0.25, 0.3) is 12.2 Å². The zero-order valence-corrected chi connectivity index (χ0v) is 18.4. The van der Waals surface area contributed by atoms with Crippen molar-refractivity contribution in [1.29, 1.82) is 0 Å². The first kappa shape index (κ1) is 19.2. The summed E-state index contributed by atoms with van der Waals surface area (Å²) >= 11 is -0.826. The van der Waals surface area contributed by atoms with E-state index in [-0.39, 0.29) is 0 Å². The van der Waals surface area contributed by atoms with E-state index in [0.717, 1.165) is 6.42 Å². The quantitative estimate of drug-likeness (QED) is 0.437. The van der Waals surface area contributed by atoms with Crippen LogP contribution in [0.5, 0.6) is 0 Å². The Hall–Kier alpha value is -0.617. The van der Waals surface area contributed by atoms with Gasteiger partial charge in [0.05, 0.1) is 0 Å². The van der Waals surface area contributed by atoms with Gasteiger partial charge in [-0.05, 0) is 47.6 Å². The van der Waals surface area contributed by atoms with Crippen molar-refractivity contribution in [2.75, 3.05) is 0 Å². The summed E-state index contributed by atoms with van der Waals surface area (Å²) in [5, 5.41) is 0.